The molecule has 1 aliphatic carbocycles. The number of hydrogen-bond donors (Lipinski definition) is 3. The van der Waals surface area contributed by atoms with Crippen molar-refractivity contribution in [2.45, 2.75) is 38.6 Å². The number of nitrogen functional groups attached to an aromatic ring is 1. The minimum absolute atomic E-state index is 0.0566. The molecule has 0 aromatic heterocycles. The van der Waals surface area contributed by atoms with Crippen LogP contribution in [0.4, 0.5) is 10.5 Å². The second-order valence-electron chi connectivity index (χ2n) is 6.20. The Hall–Kier alpha value is -2.28. The number of amides is 3. The van der Waals surface area contributed by atoms with Crippen molar-refractivity contribution in [3.8, 4) is 0 Å². The molecule has 1 aromatic carbocycles. The average molecular weight is 368 g/mol. The molecule has 8 heteroatoms. The average Bonchev–Trinajstić information content (AvgIpc) is 2.57. The Morgan fingerprint density at radius 2 is 2.00 bits per heavy atom. The van der Waals surface area contributed by atoms with E-state index in [0.29, 0.717) is 10.9 Å². The third kappa shape index (κ3) is 5.63. The molecule has 7 nitrogen and oxygen atoms in total. The Labute approximate surface area is 151 Å². The van der Waals surface area contributed by atoms with Gasteiger partial charge in [-0.25, -0.2) is 9.59 Å². The van der Waals surface area contributed by atoms with Crippen molar-refractivity contribution in [2.24, 2.45) is 5.92 Å². The number of benzene rings is 1. The SMILES string of the molecule is C[C@@H]1CCCC[C@H]1NC(=O)NC(=O)COC(=O)c1ccc(Cl)c(N)c1. The lowest BCUT2D eigenvalue weighted by Gasteiger charge is -2.29. The molecule has 1 aromatic rings. The number of esters is 1. The van der Waals surface area contributed by atoms with E-state index in [1.807, 2.05) is 0 Å². The van der Waals surface area contributed by atoms with Crippen LogP contribution < -0.4 is 16.4 Å². The highest BCUT2D eigenvalue weighted by Crippen LogP contribution is 2.23. The molecule has 1 aliphatic rings. The zero-order valence-electron chi connectivity index (χ0n) is 14.0. The molecule has 136 valence electrons. The molecule has 0 radical (unpaired) electrons. The van der Waals surface area contributed by atoms with Crippen LogP contribution in [-0.2, 0) is 9.53 Å². The standard InChI is InChI=1S/C17H22ClN3O4/c1-10-4-2-3-5-14(10)20-17(24)21-15(22)9-25-16(23)11-6-7-12(18)13(19)8-11/h6-8,10,14H,2-5,9,19H2,1H3,(H2,20,21,22,24)/t10-,14-/m1/s1. The third-order valence-corrected chi connectivity index (χ3v) is 4.59. The van der Waals surface area contributed by atoms with Crippen molar-refractivity contribution in [1.29, 1.82) is 0 Å². The van der Waals surface area contributed by atoms with Crippen molar-refractivity contribution in [2.75, 3.05) is 12.3 Å². The maximum atomic E-state index is 11.9. The Bertz CT molecular complexity index is 665. The fourth-order valence-electron chi connectivity index (χ4n) is 2.78. The number of rotatable bonds is 4. The smallest absolute Gasteiger partial charge is 0.338 e. The van der Waals surface area contributed by atoms with Gasteiger partial charge in [-0.15, -0.1) is 0 Å². The van der Waals surface area contributed by atoms with Gasteiger partial charge in [-0.2, -0.15) is 0 Å². The number of hydrogen-bond acceptors (Lipinski definition) is 5. The predicted molar refractivity (Wildman–Crippen MR) is 94.2 cm³/mol. The second-order valence-corrected chi connectivity index (χ2v) is 6.61. The zero-order chi connectivity index (χ0) is 18.4. The van der Waals surface area contributed by atoms with Crippen molar-refractivity contribution in [3.63, 3.8) is 0 Å². The van der Waals surface area contributed by atoms with Crippen molar-refractivity contribution in [3.05, 3.63) is 28.8 Å². The Morgan fingerprint density at radius 3 is 2.68 bits per heavy atom. The van der Waals surface area contributed by atoms with Crippen LogP contribution in [0.5, 0.6) is 0 Å². The van der Waals surface area contributed by atoms with E-state index < -0.39 is 24.5 Å². The number of urea groups is 1. The third-order valence-electron chi connectivity index (χ3n) is 4.25. The van der Waals surface area contributed by atoms with Crippen molar-refractivity contribution in [1.82, 2.24) is 10.6 Å². The highest BCUT2D eigenvalue weighted by atomic mass is 35.5. The molecule has 0 bridgehead atoms. The van der Waals surface area contributed by atoms with E-state index in [1.54, 1.807) is 0 Å². The number of carbonyl (C=O) groups excluding carboxylic acids is 3. The molecule has 1 fully saturated rings. The van der Waals surface area contributed by atoms with E-state index in [1.165, 1.54) is 18.2 Å². The van der Waals surface area contributed by atoms with Gasteiger partial charge in [0, 0.05) is 6.04 Å². The van der Waals surface area contributed by atoms with E-state index in [0.717, 1.165) is 25.7 Å². The van der Waals surface area contributed by atoms with E-state index in [-0.39, 0.29) is 17.3 Å². The summed E-state index contributed by atoms with van der Waals surface area (Å²) >= 11 is 5.77. The predicted octanol–water partition coefficient (Wildman–Crippen LogP) is 2.48. The van der Waals surface area contributed by atoms with Gasteiger partial charge < -0.3 is 15.8 Å². The van der Waals surface area contributed by atoms with Gasteiger partial charge in [0.25, 0.3) is 5.91 Å². The van der Waals surface area contributed by atoms with Crippen LogP contribution in [0.15, 0.2) is 18.2 Å². The van der Waals surface area contributed by atoms with Crippen LogP contribution in [0.25, 0.3) is 0 Å². The number of imide groups is 1. The normalized spacial score (nSPS) is 19.8. The lowest BCUT2D eigenvalue weighted by molar-refractivity contribution is -0.123. The summed E-state index contributed by atoms with van der Waals surface area (Å²) in [5.41, 5.74) is 6.02. The zero-order valence-corrected chi connectivity index (χ0v) is 14.8. The summed E-state index contributed by atoms with van der Waals surface area (Å²) in [6.45, 7) is 1.51. The minimum Gasteiger partial charge on any atom is -0.452 e. The second kappa shape index (κ2) is 8.71. The van der Waals surface area contributed by atoms with Gasteiger partial charge in [-0.1, -0.05) is 31.4 Å². The van der Waals surface area contributed by atoms with Gasteiger partial charge in [0.2, 0.25) is 0 Å². The van der Waals surface area contributed by atoms with E-state index in [9.17, 15) is 14.4 Å². The summed E-state index contributed by atoms with van der Waals surface area (Å²) in [5.74, 6) is -1.04. The molecule has 0 spiro atoms. The minimum atomic E-state index is -0.722. The molecule has 4 N–H and O–H groups in total. The lowest BCUT2D eigenvalue weighted by Crippen LogP contribution is -2.48. The molecule has 2 atom stereocenters. The van der Waals surface area contributed by atoms with E-state index >= 15 is 0 Å². The summed E-state index contributed by atoms with van der Waals surface area (Å²) in [6, 6.07) is 3.75. The van der Waals surface area contributed by atoms with Crippen LogP contribution >= 0.6 is 11.6 Å². The number of carbonyl (C=O) groups is 3. The number of nitrogens with two attached hydrogens (primary N) is 1. The highest BCUT2D eigenvalue weighted by molar-refractivity contribution is 6.33. The number of nitrogens with one attached hydrogen (secondary N) is 2. The number of ether oxygens (including phenoxy) is 1. The van der Waals surface area contributed by atoms with Crippen LogP contribution in [0.3, 0.4) is 0 Å². The van der Waals surface area contributed by atoms with Gasteiger partial charge in [-0.3, -0.25) is 10.1 Å². The Morgan fingerprint density at radius 1 is 1.28 bits per heavy atom. The summed E-state index contributed by atoms with van der Waals surface area (Å²) in [5, 5.41) is 5.28. The lowest BCUT2D eigenvalue weighted by atomic mass is 9.86. The fraction of sp³-hybridized carbons (Fsp3) is 0.471. The van der Waals surface area contributed by atoms with E-state index in [2.05, 4.69) is 17.6 Å². The summed E-state index contributed by atoms with van der Waals surface area (Å²) in [7, 11) is 0. The molecule has 0 heterocycles. The maximum absolute atomic E-state index is 11.9. The first-order chi connectivity index (χ1) is 11.9. The first kappa shape index (κ1) is 19.1. The molecule has 2 rings (SSSR count). The Kier molecular flexibility index (Phi) is 6.64. The summed E-state index contributed by atoms with van der Waals surface area (Å²) in [4.78, 5) is 35.4. The van der Waals surface area contributed by atoms with Crippen LogP contribution in [0.1, 0.15) is 43.0 Å². The van der Waals surface area contributed by atoms with Crippen LogP contribution in [0, 0.1) is 5.92 Å². The maximum Gasteiger partial charge on any atom is 0.338 e. The number of halogens is 1. The number of anilines is 1. The molecule has 25 heavy (non-hydrogen) atoms. The molecule has 3 amide bonds. The van der Waals surface area contributed by atoms with Crippen molar-refractivity contribution < 1.29 is 19.1 Å². The van der Waals surface area contributed by atoms with Crippen LogP contribution in [-0.4, -0.2) is 30.6 Å². The Balaban J connectivity index is 1.76. The molecule has 0 saturated heterocycles. The monoisotopic (exact) mass is 367 g/mol. The first-order valence-electron chi connectivity index (χ1n) is 8.19. The van der Waals surface area contributed by atoms with Gasteiger partial charge in [0.15, 0.2) is 6.61 Å². The quantitative estimate of drug-likeness (QED) is 0.559. The van der Waals surface area contributed by atoms with Crippen LogP contribution in [0.2, 0.25) is 5.02 Å². The molecule has 0 aliphatic heterocycles. The molecule has 0 unspecified atom stereocenters. The molecular formula is C17H22ClN3O4. The van der Waals surface area contributed by atoms with Gasteiger partial charge >= 0.3 is 12.0 Å². The largest absolute Gasteiger partial charge is 0.452 e. The summed E-state index contributed by atoms with van der Waals surface area (Å²) in [6.07, 6.45) is 4.17. The highest BCUT2D eigenvalue weighted by Gasteiger charge is 2.23. The van der Waals surface area contributed by atoms with E-state index in [4.69, 9.17) is 22.1 Å². The first-order valence-corrected chi connectivity index (χ1v) is 8.57. The van der Waals surface area contributed by atoms with Gasteiger partial charge in [-0.05, 0) is 37.0 Å². The fourth-order valence-corrected chi connectivity index (χ4v) is 2.90. The molecular weight excluding hydrogens is 346 g/mol. The summed E-state index contributed by atoms with van der Waals surface area (Å²) < 4.78 is 4.87. The van der Waals surface area contributed by atoms with Gasteiger partial charge in [0.1, 0.15) is 0 Å². The molecule has 1 saturated carbocycles. The van der Waals surface area contributed by atoms with Gasteiger partial charge in [0.05, 0.1) is 16.3 Å². The topological polar surface area (TPSA) is 111 Å². The van der Waals surface area contributed by atoms with Crippen molar-refractivity contribution >= 4 is 35.2 Å².